The summed E-state index contributed by atoms with van der Waals surface area (Å²) in [7, 11) is 0. The fourth-order valence-electron chi connectivity index (χ4n) is 2.42. The lowest BCUT2D eigenvalue weighted by atomic mass is 9.77. The van der Waals surface area contributed by atoms with Gasteiger partial charge in [0, 0.05) is 12.1 Å². The molecule has 0 aliphatic rings. The quantitative estimate of drug-likeness (QED) is 0.761. The lowest BCUT2D eigenvalue weighted by Gasteiger charge is -2.39. The van der Waals surface area contributed by atoms with Crippen molar-refractivity contribution < 1.29 is 5.11 Å². The molecule has 0 amide bonds. The molecule has 0 radical (unpaired) electrons. The van der Waals surface area contributed by atoms with Gasteiger partial charge < -0.3 is 10.4 Å². The van der Waals surface area contributed by atoms with E-state index in [9.17, 15) is 5.11 Å². The zero-order valence-corrected chi connectivity index (χ0v) is 11.2. The maximum Gasteiger partial charge on any atom is 0.0479 e. The second-order valence-corrected chi connectivity index (χ2v) is 4.89. The Bertz CT molecular complexity index is 310. The summed E-state index contributed by atoms with van der Waals surface area (Å²) in [5, 5.41) is 13.0. The highest BCUT2D eigenvalue weighted by Crippen LogP contribution is 2.32. The first-order valence-electron chi connectivity index (χ1n) is 6.58. The Morgan fingerprint density at radius 2 is 1.88 bits per heavy atom. The van der Waals surface area contributed by atoms with Gasteiger partial charge in [0.1, 0.15) is 0 Å². The zero-order chi connectivity index (χ0) is 12.7. The van der Waals surface area contributed by atoms with Crippen LogP contribution < -0.4 is 5.32 Å². The van der Waals surface area contributed by atoms with Gasteiger partial charge in [-0.05, 0) is 30.9 Å². The Hall–Kier alpha value is -0.860. The van der Waals surface area contributed by atoms with Gasteiger partial charge in [0.05, 0.1) is 0 Å². The summed E-state index contributed by atoms with van der Waals surface area (Å²) in [5.74, 6) is 0.448. The summed E-state index contributed by atoms with van der Waals surface area (Å²) in [6, 6.07) is 10.5. The summed E-state index contributed by atoms with van der Waals surface area (Å²) in [5.41, 5.74) is 1.17. The zero-order valence-electron chi connectivity index (χ0n) is 11.2. The van der Waals surface area contributed by atoms with Crippen LogP contribution in [-0.2, 0) is 5.54 Å². The molecule has 0 aromatic heterocycles. The van der Waals surface area contributed by atoms with Crippen molar-refractivity contribution in [3.8, 4) is 0 Å². The highest BCUT2D eigenvalue weighted by Gasteiger charge is 2.34. The molecule has 0 aliphatic heterocycles. The van der Waals surface area contributed by atoms with Crippen LogP contribution in [0.3, 0.4) is 0 Å². The molecule has 2 nitrogen and oxygen atoms in total. The van der Waals surface area contributed by atoms with Crippen LogP contribution in [0.2, 0.25) is 0 Å². The normalized spacial score (nSPS) is 14.9. The molecule has 96 valence electrons. The summed E-state index contributed by atoms with van der Waals surface area (Å²) < 4.78 is 0. The van der Waals surface area contributed by atoms with Crippen molar-refractivity contribution >= 4 is 0 Å². The maximum atomic E-state index is 9.37. The number of nitrogens with one attached hydrogen (secondary N) is 1. The van der Waals surface area contributed by atoms with Crippen LogP contribution in [0.4, 0.5) is 0 Å². The van der Waals surface area contributed by atoms with Gasteiger partial charge in [0.25, 0.3) is 0 Å². The highest BCUT2D eigenvalue weighted by atomic mass is 16.3. The van der Waals surface area contributed by atoms with Crippen molar-refractivity contribution in [1.29, 1.82) is 0 Å². The first-order chi connectivity index (χ1) is 8.17. The van der Waals surface area contributed by atoms with E-state index in [0.29, 0.717) is 5.92 Å². The standard InChI is InChI=1S/C15H25NO/c1-4-11-16-15(10-12-17,13(2)3)14-8-6-5-7-9-14/h5-9,13,16-17H,4,10-12H2,1-3H3. The van der Waals surface area contributed by atoms with Gasteiger partial charge in [0.15, 0.2) is 0 Å². The third-order valence-corrected chi connectivity index (χ3v) is 3.47. The number of benzene rings is 1. The maximum absolute atomic E-state index is 9.37. The molecule has 1 aromatic rings. The van der Waals surface area contributed by atoms with Gasteiger partial charge in [-0.15, -0.1) is 0 Å². The van der Waals surface area contributed by atoms with Gasteiger partial charge in [-0.2, -0.15) is 0 Å². The molecular weight excluding hydrogens is 210 g/mol. The Balaban J connectivity index is 3.05. The monoisotopic (exact) mass is 235 g/mol. The largest absolute Gasteiger partial charge is 0.396 e. The van der Waals surface area contributed by atoms with Crippen LogP contribution in [0.1, 0.15) is 39.2 Å². The molecule has 0 bridgehead atoms. The van der Waals surface area contributed by atoms with Gasteiger partial charge in [-0.1, -0.05) is 51.1 Å². The van der Waals surface area contributed by atoms with Crippen molar-refractivity contribution in [3.63, 3.8) is 0 Å². The molecule has 0 aliphatic carbocycles. The molecule has 0 saturated carbocycles. The van der Waals surface area contributed by atoms with Crippen molar-refractivity contribution in [2.75, 3.05) is 13.2 Å². The minimum absolute atomic E-state index is 0.105. The molecule has 0 spiro atoms. The first-order valence-corrected chi connectivity index (χ1v) is 6.58. The van der Waals surface area contributed by atoms with Gasteiger partial charge in [0.2, 0.25) is 0 Å². The second kappa shape index (κ2) is 6.77. The average molecular weight is 235 g/mol. The van der Waals surface area contributed by atoms with E-state index >= 15 is 0 Å². The summed E-state index contributed by atoms with van der Waals surface area (Å²) in [6.45, 7) is 7.79. The molecular formula is C15H25NO. The van der Waals surface area contributed by atoms with E-state index in [0.717, 1.165) is 19.4 Å². The number of aliphatic hydroxyl groups excluding tert-OH is 1. The lowest BCUT2D eigenvalue weighted by Crippen LogP contribution is -2.47. The van der Waals surface area contributed by atoms with Crippen molar-refractivity contribution in [1.82, 2.24) is 5.32 Å². The Morgan fingerprint density at radius 1 is 1.24 bits per heavy atom. The van der Waals surface area contributed by atoms with E-state index in [2.05, 4.69) is 50.4 Å². The Morgan fingerprint density at radius 3 is 2.35 bits per heavy atom. The van der Waals surface area contributed by atoms with E-state index in [1.807, 2.05) is 6.07 Å². The van der Waals surface area contributed by atoms with E-state index in [4.69, 9.17) is 0 Å². The lowest BCUT2D eigenvalue weighted by molar-refractivity contribution is 0.163. The van der Waals surface area contributed by atoms with Crippen molar-refractivity contribution in [3.05, 3.63) is 35.9 Å². The third-order valence-electron chi connectivity index (χ3n) is 3.47. The number of rotatable bonds is 7. The first kappa shape index (κ1) is 14.2. The molecule has 2 heteroatoms. The van der Waals surface area contributed by atoms with Gasteiger partial charge >= 0.3 is 0 Å². The van der Waals surface area contributed by atoms with Gasteiger partial charge in [-0.25, -0.2) is 0 Å². The molecule has 17 heavy (non-hydrogen) atoms. The minimum Gasteiger partial charge on any atom is -0.396 e. The summed E-state index contributed by atoms with van der Waals surface area (Å²) >= 11 is 0. The predicted octanol–water partition coefficient (Wildman–Crippen LogP) is 2.92. The van der Waals surface area contributed by atoms with Crippen LogP contribution in [0.15, 0.2) is 30.3 Å². The fourth-order valence-corrected chi connectivity index (χ4v) is 2.42. The second-order valence-electron chi connectivity index (χ2n) is 4.89. The number of hydrogen-bond acceptors (Lipinski definition) is 2. The average Bonchev–Trinajstić information content (AvgIpc) is 2.35. The number of hydrogen-bond donors (Lipinski definition) is 2. The van der Waals surface area contributed by atoms with E-state index in [1.54, 1.807) is 0 Å². The highest BCUT2D eigenvalue weighted by molar-refractivity contribution is 5.25. The van der Waals surface area contributed by atoms with Crippen LogP contribution in [0.5, 0.6) is 0 Å². The number of aliphatic hydroxyl groups is 1. The van der Waals surface area contributed by atoms with Crippen LogP contribution in [0, 0.1) is 5.92 Å². The fraction of sp³-hybridized carbons (Fsp3) is 0.600. The minimum atomic E-state index is -0.105. The molecule has 1 aromatic carbocycles. The molecule has 2 N–H and O–H groups in total. The van der Waals surface area contributed by atoms with E-state index < -0.39 is 0 Å². The Labute approximate surface area is 105 Å². The van der Waals surface area contributed by atoms with Crippen LogP contribution >= 0.6 is 0 Å². The Kier molecular flexibility index (Phi) is 5.66. The predicted molar refractivity (Wildman–Crippen MR) is 73.0 cm³/mol. The van der Waals surface area contributed by atoms with E-state index in [-0.39, 0.29) is 12.1 Å². The molecule has 1 atom stereocenters. The van der Waals surface area contributed by atoms with Crippen LogP contribution in [-0.4, -0.2) is 18.3 Å². The molecule has 0 fully saturated rings. The van der Waals surface area contributed by atoms with Crippen molar-refractivity contribution in [2.24, 2.45) is 5.92 Å². The van der Waals surface area contributed by atoms with Gasteiger partial charge in [-0.3, -0.25) is 0 Å². The molecule has 1 rings (SSSR count). The topological polar surface area (TPSA) is 32.3 Å². The molecule has 0 saturated heterocycles. The van der Waals surface area contributed by atoms with Crippen LogP contribution in [0.25, 0.3) is 0 Å². The smallest absolute Gasteiger partial charge is 0.0479 e. The summed E-state index contributed by atoms with van der Waals surface area (Å²) in [6.07, 6.45) is 1.86. The third kappa shape index (κ3) is 3.30. The molecule has 1 unspecified atom stereocenters. The summed E-state index contributed by atoms with van der Waals surface area (Å²) in [4.78, 5) is 0. The SMILES string of the molecule is CCCNC(CCO)(c1ccccc1)C(C)C. The van der Waals surface area contributed by atoms with Crippen molar-refractivity contribution in [2.45, 2.75) is 39.2 Å². The molecule has 0 heterocycles. The van der Waals surface area contributed by atoms with E-state index in [1.165, 1.54) is 5.56 Å².